The monoisotopic (exact) mass is 326 g/mol. The highest BCUT2D eigenvalue weighted by Crippen LogP contribution is 2.61. The molecule has 0 fully saturated rings. The van der Waals surface area contributed by atoms with Gasteiger partial charge in [-0.15, -0.1) is 0 Å². The van der Waals surface area contributed by atoms with Gasteiger partial charge in [0.25, 0.3) is 0 Å². The number of hydrogen-bond donors (Lipinski definition) is 0. The molecule has 2 rings (SSSR count). The largest absolute Gasteiger partial charge is 0.117 e. The third-order valence-electron chi connectivity index (χ3n) is 5.68. The molecular weight excluding hydrogens is 292 g/mol. The minimum Gasteiger partial charge on any atom is -0.0812 e. The molecule has 0 unspecified atom stereocenters. The highest BCUT2D eigenvalue weighted by molar-refractivity contribution is 6.97. The molecule has 126 valence electrons. The van der Waals surface area contributed by atoms with Gasteiger partial charge in [-0.1, -0.05) is 96.6 Å². The van der Waals surface area contributed by atoms with E-state index in [-0.39, 0.29) is 0 Å². The fraction of sp³-hybridized carbons (Fsp3) is 0.545. The minimum absolute atomic E-state index is 0.327. The summed E-state index contributed by atoms with van der Waals surface area (Å²) >= 11 is 0. The van der Waals surface area contributed by atoms with Crippen molar-refractivity contribution in [2.75, 3.05) is 0 Å². The van der Waals surface area contributed by atoms with Crippen LogP contribution in [0.4, 0.5) is 0 Å². The highest BCUT2D eigenvalue weighted by atomic mass is 28.3. The minimum atomic E-state index is -1.78. The van der Waals surface area contributed by atoms with Gasteiger partial charge in [0.1, 0.15) is 8.07 Å². The zero-order valence-electron chi connectivity index (χ0n) is 16.4. The molecule has 0 amide bonds. The third kappa shape index (κ3) is 2.78. The molecule has 0 N–H and O–H groups in total. The van der Waals surface area contributed by atoms with Crippen LogP contribution in [-0.2, 0) is 0 Å². The standard InChI is InChI=1S/C22H34Si/c1-9-18-19(17-14-12-11-13-15-17)16-23(20(18)10-2,21(3,4)5)22(6,7)8/h11-16H,9-10H2,1-8H3. The maximum Gasteiger partial charge on any atom is 0.117 e. The van der Waals surface area contributed by atoms with Gasteiger partial charge in [0.2, 0.25) is 0 Å². The van der Waals surface area contributed by atoms with Crippen molar-refractivity contribution in [2.45, 2.75) is 78.3 Å². The summed E-state index contributed by atoms with van der Waals surface area (Å²) in [6, 6.07) is 11.0. The molecule has 0 aromatic heterocycles. The van der Waals surface area contributed by atoms with Crippen LogP contribution in [0.1, 0.15) is 73.8 Å². The van der Waals surface area contributed by atoms with E-state index in [1.165, 1.54) is 17.6 Å². The molecule has 1 aromatic carbocycles. The van der Waals surface area contributed by atoms with Gasteiger partial charge in [-0.3, -0.25) is 0 Å². The summed E-state index contributed by atoms with van der Waals surface area (Å²) in [5, 5.41) is 2.44. The fourth-order valence-electron chi connectivity index (χ4n) is 5.03. The van der Waals surface area contributed by atoms with Gasteiger partial charge < -0.3 is 0 Å². The summed E-state index contributed by atoms with van der Waals surface area (Å²) in [6.45, 7) is 19.5. The van der Waals surface area contributed by atoms with Gasteiger partial charge in [-0.05, 0) is 39.6 Å². The fourth-order valence-corrected chi connectivity index (χ4v) is 12.2. The molecule has 0 aliphatic carbocycles. The number of hydrogen-bond acceptors (Lipinski definition) is 0. The van der Waals surface area contributed by atoms with Crippen LogP contribution in [0.25, 0.3) is 5.57 Å². The van der Waals surface area contributed by atoms with E-state index in [1.807, 2.05) is 0 Å². The van der Waals surface area contributed by atoms with E-state index in [1.54, 1.807) is 10.8 Å². The highest BCUT2D eigenvalue weighted by Gasteiger charge is 2.56. The van der Waals surface area contributed by atoms with Crippen LogP contribution in [0, 0.1) is 0 Å². The zero-order chi connectivity index (χ0) is 17.5. The SMILES string of the molecule is CCC1=C(CC)[Si](C(C)(C)C)(C(C)(C)C)C=C1c1ccccc1. The summed E-state index contributed by atoms with van der Waals surface area (Å²) in [4.78, 5) is 0. The third-order valence-corrected chi connectivity index (χ3v) is 12.7. The van der Waals surface area contributed by atoms with Crippen LogP contribution in [0.15, 0.2) is 46.8 Å². The lowest BCUT2D eigenvalue weighted by Gasteiger charge is -2.50. The number of allylic oxidation sites excluding steroid dienone is 3. The van der Waals surface area contributed by atoms with Gasteiger partial charge in [0.05, 0.1) is 0 Å². The molecule has 1 heteroatoms. The van der Waals surface area contributed by atoms with Gasteiger partial charge in [0.15, 0.2) is 0 Å². The molecule has 1 aliphatic heterocycles. The van der Waals surface area contributed by atoms with Crippen molar-refractivity contribution in [3.63, 3.8) is 0 Å². The molecule has 0 nitrogen and oxygen atoms in total. The summed E-state index contributed by atoms with van der Waals surface area (Å²) in [5.74, 6) is 0. The Morgan fingerprint density at radius 3 is 1.70 bits per heavy atom. The first kappa shape index (κ1) is 18.3. The van der Waals surface area contributed by atoms with Gasteiger partial charge in [-0.2, -0.15) is 0 Å². The van der Waals surface area contributed by atoms with E-state index < -0.39 is 8.07 Å². The lowest BCUT2D eigenvalue weighted by Crippen LogP contribution is -2.51. The van der Waals surface area contributed by atoms with E-state index in [9.17, 15) is 0 Å². The Morgan fingerprint density at radius 1 is 0.783 bits per heavy atom. The van der Waals surface area contributed by atoms with Crippen molar-refractivity contribution >= 4 is 13.6 Å². The summed E-state index contributed by atoms with van der Waals surface area (Å²) in [5.41, 5.74) is 7.31. The Kier molecular flexibility index (Phi) is 4.83. The zero-order valence-corrected chi connectivity index (χ0v) is 17.4. The Hall–Kier alpha value is -1.08. The van der Waals surface area contributed by atoms with Gasteiger partial charge >= 0.3 is 0 Å². The van der Waals surface area contributed by atoms with Crippen LogP contribution in [-0.4, -0.2) is 8.07 Å². The van der Waals surface area contributed by atoms with Crippen LogP contribution in [0.3, 0.4) is 0 Å². The van der Waals surface area contributed by atoms with Gasteiger partial charge in [-0.25, -0.2) is 0 Å². The topological polar surface area (TPSA) is 0 Å². The maximum atomic E-state index is 2.75. The molecule has 23 heavy (non-hydrogen) atoms. The Bertz CT molecular complexity index is 604. The number of benzene rings is 1. The lowest BCUT2D eigenvalue weighted by molar-refractivity contribution is 0.627. The number of rotatable bonds is 3. The van der Waals surface area contributed by atoms with Crippen molar-refractivity contribution in [1.29, 1.82) is 0 Å². The van der Waals surface area contributed by atoms with Crippen molar-refractivity contribution < 1.29 is 0 Å². The normalized spacial score (nSPS) is 18.3. The molecule has 0 spiro atoms. The summed E-state index contributed by atoms with van der Waals surface area (Å²) in [6.07, 6.45) is 2.33. The molecular formula is C22H34Si. The molecule has 0 radical (unpaired) electrons. The van der Waals surface area contributed by atoms with E-state index in [2.05, 4.69) is 91.4 Å². The smallest absolute Gasteiger partial charge is 0.0812 e. The summed E-state index contributed by atoms with van der Waals surface area (Å²) in [7, 11) is -1.78. The predicted octanol–water partition coefficient (Wildman–Crippen LogP) is 7.33. The average Bonchev–Trinajstić information content (AvgIpc) is 2.82. The molecule has 0 bridgehead atoms. The second-order valence-electron chi connectivity index (χ2n) is 8.90. The Labute approximate surface area is 144 Å². The maximum absolute atomic E-state index is 2.75. The molecule has 1 heterocycles. The van der Waals surface area contributed by atoms with Crippen LogP contribution < -0.4 is 0 Å². The predicted molar refractivity (Wildman–Crippen MR) is 107 cm³/mol. The second kappa shape index (κ2) is 6.09. The van der Waals surface area contributed by atoms with Crippen molar-refractivity contribution in [2.24, 2.45) is 0 Å². The van der Waals surface area contributed by atoms with E-state index in [4.69, 9.17) is 0 Å². The van der Waals surface area contributed by atoms with Crippen LogP contribution >= 0.6 is 0 Å². The first-order valence-corrected chi connectivity index (χ1v) is 11.2. The van der Waals surface area contributed by atoms with E-state index in [0.717, 1.165) is 6.42 Å². The molecule has 1 aromatic rings. The molecule has 1 aliphatic rings. The second-order valence-corrected chi connectivity index (χ2v) is 14.4. The average molecular weight is 327 g/mol. The van der Waals surface area contributed by atoms with E-state index in [0.29, 0.717) is 10.1 Å². The molecule has 0 saturated carbocycles. The first-order chi connectivity index (χ1) is 10.6. The first-order valence-electron chi connectivity index (χ1n) is 9.11. The molecule has 0 saturated heterocycles. The van der Waals surface area contributed by atoms with Crippen LogP contribution in [0.2, 0.25) is 10.1 Å². The summed E-state index contributed by atoms with van der Waals surface area (Å²) < 4.78 is 0. The Balaban J connectivity index is 2.82. The van der Waals surface area contributed by atoms with Crippen LogP contribution in [0.5, 0.6) is 0 Å². The van der Waals surface area contributed by atoms with Crippen molar-refractivity contribution in [3.05, 3.63) is 52.4 Å². The van der Waals surface area contributed by atoms with E-state index >= 15 is 0 Å². The van der Waals surface area contributed by atoms with Crippen molar-refractivity contribution in [1.82, 2.24) is 0 Å². The van der Waals surface area contributed by atoms with Gasteiger partial charge in [0, 0.05) is 0 Å². The quantitative estimate of drug-likeness (QED) is 0.510. The molecule has 0 atom stereocenters. The Morgan fingerprint density at radius 2 is 1.30 bits per heavy atom. The van der Waals surface area contributed by atoms with Crippen molar-refractivity contribution in [3.8, 4) is 0 Å². The lowest BCUT2D eigenvalue weighted by atomic mass is 9.97.